The van der Waals surface area contributed by atoms with Gasteiger partial charge in [-0.2, -0.15) is 5.10 Å². The minimum atomic E-state index is -0.732. The van der Waals surface area contributed by atoms with Crippen LogP contribution in [-0.2, 0) is 10.2 Å². The third-order valence-corrected chi connectivity index (χ3v) is 4.68. The molecule has 1 fully saturated rings. The molecule has 122 valence electrons. The van der Waals surface area contributed by atoms with E-state index in [1.807, 2.05) is 17.7 Å². The summed E-state index contributed by atoms with van der Waals surface area (Å²) in [5.74, 6) is 0.225. The Morgan fingerprint density at radius 1 is 1.43 bits per heavy atom. The van der Waals surface area contributed by atoms with Crippen LogP contribution in [0.5, 0.6) is 0 Å². The topological polar surface area (TPSA) is 46.9 Å². The average Bonchev–Trinajstić information content (AvgIpc) is 3.26. The van der Waals surface area contributed by atoms with E-state index in [9.17, 15) is 9.18 Å². The fourth-order valence-electron chi connectivity index (χ4n) is 2.95. The first-order chi connectivity index (χ1) is 11.0. The van der Waals surface area contributed by atoms with Gasteiger partial charge in [-0.1, -0.05) is 25.1 Å². The molecule has 0 saturated heterocycles. The molecular weight excluding hydrogens is 293 g/mol. The van der Waals surface area contributed by atoms with Gasteiger partial charge in [0.1, 0.15) is 11.6 Å². The summed E-state index contributed by atoms with van der Waals surface area (Å²) < 4.78 is 15.9. The second-order valence-corrected chi connectivity index (χ2v) is 6.39. The SMILES string of the molecule is CCC(C)n1nc(C)cc1NC(=O)C1(c2ccccc2F)CC1. The van der Waals surface area contributed by atoms with Crippen molar-refractivity contribution in [2.45, 2.75) is 51.5 Å². The number of aryl methyl sites for hydroxylation is 1. The summed E-state index contributed by atoms with van der Waals surface area (Å²) >= 11 is 0. The zero-order valence-electron chi connectivity index (χ0n) is 13.8. The third-order valence-electron chi connectivity index (χ3n) is 4.68. The minimum Gasteiger partial charge on any atom is -0.310 e. The predicted octanol–water partition coefficient (Wildman–Crippen LogP) is 3.97. The van der Waals surface area contributed by atoms with Crippen LogP contribution in [0.15, 0.2) is 30.3 Å². The number of rotatable bonds is 5. The highest BCUT2D eigenvalue weighted by atomic mass is 19.1. The average molecular weight is 315 g/mol. The van der Waals surface area contributed by atoms with Gasteiger partial charge in [0, 0.05) is 11.6 Å². The van der Waals surface area contributed by atoms with Crippen LogP contribution < -0.4 is 5.32 Å². The Morgan fingerprint density at radius 2 is 2.13 bits per heavy atom. The molecule has 1 N–H and O–H groups in total. The first-order valence-electron chi connectivity index (χ1n) is 8.10. The molecule has 1 aliphatic carbocycles. The largest absolute Gasteiger partial charge is 0.310 e. The number of aromatic nitrogens is 2. The Kier molecular flexibility index (Phi) is 3.96. The quantitative estimate of drug-likeness (QED) is 0.907. The molecule has 3 rings (SSSR count). The van der Waals surface area contributed by atoms with Crippen LogP contribution in [-0.4, -0.2) is 15.7 Å². The standard InChI is InChI=1S/C18H22FN3O/c1-4-13(3)22-16(11-12(2)21-22)20-17(23)18(9-10-18)14-7-5-6-8-15(14)19/h5-8,11,13H,4,9-10H2,1-3H3,(H,20,23). The molecular formula is C18H22FN3O. The van der Waals surface area contributed by atoms with E-state index in [0.29, 0.717) is 24.2 Å². The van der Waals surface area contributed by atoms with Gasteiger partial charge in [0.05, 0.1) is 17.2 Å². The summed E-state index contributed by atoms with van der Waals surface area (Å²) in [4.78, 5) is 12.8. The van der Waals surface area contributed by atoms with Crippen molar-refractivity contribution in [3.8, 4) is 0 Å². The number of amides is 1. The van der Waals surface area contributed by atoms with E-state index in [4.69, 9.17) is 0 Å². The summed E-state index contributed by atoms with van der Waals surface area (Å²) in [5, 5.41) is 7.43. The lowest BCUT2D eigenvalue weighted by Gasteiger charge is -2.19. The van der Waals surface area contributed by atoms with E-state index in [0.717, 1.165) is 12.1 Å². The maximum absolute atomic E-state index is 14.1. The first-order valence-corrected chi connectivity index (χ1v) is 8.10. The Bertz CT molecular complexity index is 734. The molecule has 0 spiro atoms. The van der Waals surface area contributed by atoms with E-state index in [-0.39, 0.29) is 17.8 Å². The zero-order valence-corrected chi connectivity index (χ0v) is 13.8. The smallest absolute Gasteiger partial charge is 0.236 e. The molecule has 1 aliphatic rings. The van der Waals surface area contributed by atoms with Crippen molar-refractivity contribution in [3.05, 3.63) is 47.4 Å². The first kappa shape index (κ1) is 15.7. The van der Waals surface area contributed by atoms with Crippen molar-refractivity contribution in [2.24, 2.45) is 0 Å². The van der Waals surface area contributed by atoms with E-state index in [2.05, 4.69) is 24.3 Å². The molecule has 1 aromatic heterocycles. The molecule has 1 atom stereocenters. The predicted molar refractivity (Wildman–Crippen MR) is 87.9 cm³/mol. The monoisotopic (exact) mass is 315 g/mol. The number of hydrogen-bond acceptors (Lipinski definition) is 2. The molecule has 0 radical (unpaired) electrons. The van der Waals surface area contributed by atoms with E-state index in [1.165, 1.54) is 6.07 Å². The molecule has 1 amide bonds. The van der Waals surface area contributed by atoms with Gasteiger partial charge in [0.25, 0.3) is 0 Å². The Balaban J connectivity index is 1.87. The van der Waals surface area contributed by atoms with Crippen molar-refractivity contribution < 1.29 is 9.18 Å². The lowest BCUT2D eigenvalue weighted by molar-refractivity contribution is -0.118. The highest BCUT2D eigenvalue weighted by Crippen LogP contribution is 2.49. The van der Waals surface area contributed by atoms with Crippen LogP contribution in [0.1, 0.15) is 50.4 Å². The number of anilines is 1. The molecule has 4 nitrogen and oxygen atoms in total. The molecule has 1 unspecified atom stereocenters. The van der Waals surface area contributed by atoms with Gasteiger partial charge in [-0.05, 0) is 39.2 Å². The van der Waals surface area contributed by atoms with Gasteiger partial charge in [-0.15, -0.1) is 0 Å². The number of nitrogens with one attached hydrogen (secondary N) is 1. The number of nitrogens with zero attached hydrogens (tertiary/aromatic N) is 2. The highest BCUT2D eigenvalue weighted by Gasteiger charge is 2.52. The fourth-order valence-corrected chi connectivity index (χ4v) is 2.95. The summed E-state index contributed by atoms with van der Waals surface area (Å²) in [6, 6.07) is 8.60. The maximum atomic E-state index is 14.1. The number of carbonyl (C=O) groups excluding carboxylic acids is 1. The second kappa shape index (κ2) is 5.80. The Morgan fingerprint density at radius 3 is 2.74 bits per heavy atom. The summed E-state index contributed by atoms with van der Waals surface area (Å²) in [5.41, 5.74) is 0.615. The van der Waals surface area contributed by atoms with Crippen molar-refractivity contribution in [1.82, 2.24) is 9.78 Å². The normalized spacial score (nSPS) is 16.9. The van der Waals surface area contributed by atoms with Crippen LogP contribution in [0.4, 0.5) is 10.2 Å². The highest BCUT2D eigenvalue weighted by molar-refractivity contribution is 6.01. The van der Waals surface area contributed by atoms with Crippen LogP contribution in [0.25, 0.3) is 0 Å². The number of halogens is 1. The van der Waals surface area contributed by atoms with Crippen LogP contribution in [0, 0.1) is 12.7 Å². The van der Waals surface area contributed by atoms with E-state index < -0.39 is 5.41 Å². The molecule has 0 bridgehead atoms. The van der Waals surface area contributed by atoms with Gasteiger partial charge in [-0.3, -0.25) is 4.79 Å². The molecule has 5 heteroatoms. The lowest BCUT2D eigenvalue weighted by atomic mass is 9.94. The van der Waals surface area contributed by atoms with Crippen molar-refractivity contribution in [2.75, 3.05) is 5.32 Å². The summed E-state index contributed by atoms with van der Waals surface area (Å²) in [6.07, 6.45) is 2.27. The van der Waals surface area contributed by atoms with Crippen molar-refractivity contribution >= 4 is 11.7 Å². The summed E-state index contributed by atoms with van der Waals surface area (Å²) in [6.45, 7) is 6.04. The number of benzene rings is 1. The van der Waals surface area contributed by atoms with Crippen molar-refractivity contribution in [1.29, 1.82) is 0 Å². The molecule has 1 heterocycles. The van der Waals surface area contributed by atoms with E-state index in [1.54, 1.807) is 18.2 Å². The summed E-state index contributed by atoms with van der Waals surface area (Å²) in [7, 11) is 0. The number of carbonyl (C=O) groups is 1. The van der Waals surface area contributed by atoms with Crippen molar-refractivity contribution in [3.63, 3.8) is 0 Å². The van der Waals surface area contributed by atoms with Crippen LogP contribution >= 0.6 is 0 Å². The van der Waals surface area contributed by atoms with Gasteiger partial charge in [0.2, 0.25) is 5.91 Å². The zero-order chi connectivity index (χ0) is 16.6. The van der Waals surface area contributed by atoms with Gasteiger partial charge < -0.3 is 5.32 Å². The van der Waals surface area contributed by atoms with Crippen LogP contribution in [0.2, 0.25) is 0 Å². The fraction of sp³-hybridized carbons (Fsp3) is 0.444. The molecule has 23 heavy (non-hydrogen) atoms. The molecule has 1 saturated carbocycles. The third kappa shape index (κ3) is 2.76. The Labute approximate surface area is 135 Å². The molecule has 0 aliphatic heterocycles. The van der Waals surface area contributed by atoms with Gasteiger partial charge in [0.15, 0.2) is 0 Å². The number of hydrogen-bond donors (Lipinski definition) is 1. The Hall–Kier alpha value is -2.17. The lowest BCUT2D eigenvalue weighted by Crippen LogP contribution is -2.30. The molecule has 1 aromatic carbocycles. The maximum Gasteiger partial charge on any atom is 0.236 e. The van der Waals surface area contributed by atoms with Gasteiger partial charge >= 0.3 is 0 Å². The van der Waals surface area contributed by atoms with Gasteiger partial charge in [-0.25, -0.2) is 9.07 Å². The minimum absolute atomic E-state index is 0.146. The molecule has 2 aromatic rings. The van der Waals surface area contributed by atoms with Crippen LogP contribution in [0.3, 0.4) is 0 Å². The van der Waals surface area contributed by atoms with E-state index >= 15 is 0 Å². The second-order valence-electron chi connectivity index (χ2n) is 6.39.